The Morgan fingerprint density at radius 2 is 2.00 bits per heavy atom. The third kappa shape index (κ3) is 3.72. The van der Waals surface area contributed by atoms with Crippen LogP contribution >= 0.6 is 0 Å². The molecule has 0 radical (unpaired) electrons. The van der Waals surface area contributed by atoms with Crippen LogP contribution in [0.1, 0.15) is 42.9 Å². The topological polar surface area (TPSA) is 84.2 Å². The second-order valence-corrected chi connectivity index (χ2v) is 6.64. The molecule has 3 rings (SSSR count). The summed E-state index contributed by atoms with van der Waals surface area (Å²) in [5.74, 6) is -2.47. The number of amides is 2. The fraction of sp³-hybridized carbons (Fsp3) is 0.529. The van der Waals surface area contributed by atoms with E-state index in [2.05, 4.69) is 5.32 Å². The predicted octanol–water partition coefficient (Wildman–Crippen LogP) is 2.22. The van der Waals surface area contributed by atoms with Crippen molar-refractivity contribution in [3.8, 4) is 0 Å². The lowest BCUT2D eigenvalue weighted by atomic mass is 9.86. The number of piperidine rings is 1. The smallest absolute Gasteiger partial charge is 0.399 e. The van der Waals surface area contributed by atoms with E-state index in [1.807, 2.05) is 17.4 Å². The SMILES string of the molecule is Nc1ccc2c(c1)CCCC2NC(=O)C1CCC(C(F)(F)F)NC1=O. The number of anilines is 1. The van der Waals surface area contributed by atoms with Gasteiger partial charge in [-0.1, -0.05) is 6.07 Å². The Morgan fingerprint density at radius 1 is 1.24 bits per heavy atom. The number of nitrogens with one attached hydrogen (secondary N) is 2. The number of rotatable bonds is 2. The van der Waals surface area contributed by atoms with Crippen LogP contribution in [0.15, 0.2) is 18.2 Å². The molecule has 2 aliphatic rings. The van der Waals surface area contributed by atoms with Gasteiger partial charge < -0.3 is 16.4 Å². The fourth-order valence-electron chi connectivity index (χ4n) is 3.56. The normalized spacial score (nSPS) is 26.5. The summed E-state index contributed by atoms with van der Waals surface area (Å²) in [6, 6.07) is 3.36. The summed E-state index contributed by atoms with van der Waals surface area (Å²) in [5, 5.41) is 4.74. The van der Waals surface area contributed by atoms with Gasteiger partial charge in [0, 0.05) is 5.69 Å². The Morgan fingerprint density at radius 3 is 2.68 bits per heavy atom. The number of hydrogen-bond donors (Lipinski definition) is 3. The molecule has 4 N–H and O–H groups in total. The maximum atomic E-state index is 12.7. The molecule has 0 aromatic heterocycles. The Bertz CT molecular complexity index is 690. The first-order valence-corrected chi connectivity index (χ1v) is 8.31. The van der Waals surface area contributed by atoms with Crippen molar-refractivity contribution in [1.29, 1.82) is 0 Å². The van der Waals surface area contributed by atoms with Gasteiger partial charge in [-0.2, -0.15) is 13.2 Å². The van der Waals surface area contributed by atoms with Crippen molar-refractivity contribution < 1.29 is 22.8 Å². The largest absolute Gasteiger partial charge is 0.408 e. The summed E-state index contributed by atoms with van der Waals surface area (Å²) in [6.45, 7) is 0. The Labute approximate surface area is 143 Å². The second kappa shape index (κ2) is 6.57. The number of nitrogen functional groups attached to an aromatic ring is 1. The van der Waals surface area contributed by atoms with Crippen molar-refractivity contribution >= 4 is 17.5 Å². The van der Waals surface area contributed by atoms with E-state index in [-0.39, 0.29) is 18.9 Å². The molecular weight excluding hydrogens is 335 g/mol. The number of halogens is 3. The first-order valence-electron chi connectivity index (χ1n) is 8.31. The molecule has 1 fully saturated rings. The number of alkyl halides is 3. The van der Waals surface area contributed by atoms with Crippen LogP contribution in [-0.4, -0.2) is 24.0 Å². The summed E-state index contributed by atoms with van der Waals surface area (Å²) in [6.07, 6.45) is -2.42. The van der Waals surface area contributed by atoms with Crippen molar-refractivity contribution in [2.45, 2.75) is 50.4 Å². The molecule has 136 valence electrons. The number of hydrogen-bond acceptors (Lipinski definition) is 3. The lowest BCUT2D eigenvalue weighted by Crippen LogP contribution is -2.54. The third-order valence-electron chi connectivity index (χ3n) is 4.89. The molecule has 1 aliphatic carbocycles. The quantitative estimate of drug-likeness (QED) is 0.562. The van der Waals surface area contributed by atoms with E-state index in [0.29, 0.717) is 5.69 Å². The summed E-state index contributed by atoms with van der Waals surface area (Å²) in [4.78, 5) is 24.4. The van der Waals surface area contributed by atoms with Gasteiger partial charge in [-0.25, -0.2) is 0 Å². The van der Waals surface area contributed by atoms with Crippen LogP contribution in [0.3, 0.4) is 0 Å². The molecule has 25 heavy (non-hydrogen) atoms. The first kappa shape index (κ1) is 17.6. The highest BCUT2D eigenvalue weighted by Crippen LogP contribution is 2.32. The van der Waals surface area contributed by atoms with Crippen molar-refractivity contribution in [1.82, 2.24) is 10.6 Å². The minimum absolute atomic E-state index is 0.108. The molecule has 2 amide bonds. The number of aryl methyl sites for hydroxylation is 1. The zero-order valence-corrected chi connectivity index (χ0v) is 13.5. The van der Waals surface area contributed by atoms with Crippen LogP contribution in [0.4, 0.5) is 18.9 Å². The molecule has 1 aliphatic heterocycles. The van der Waals surface area contributed by atoms with Crippen LogP contribution in [-0.2, 0) is 16.0 Å². The molecular formula is C17H20F3N3O2. The molecule has 8 heteroatoms. The van der Waals surface area contributed by atoms with Gasteiger partial charge in [-0.05, 0) is 55.4 Å². The van der Waals surface area contributed by atoms with Crippen LogP contribution < -0.4 is 16.4 Å². The first-order chi connectivity index (χ1) is 11.8. The fourth-order valence-corrected chi connectivity index (χ4v) is 3.56. The molecule has 1 aromatic carbocycles. The van der Waals surface area contributed by atoms with E-state index < -0.39 is 30.0 Å². The average molecular weight is 355 g/mol. The molecule has 5 nitrogen and oxygen atoms in total. The molecule has 1 heterocycles. The molecule has 0 spiro atoms. The van der Waals surface area contributed by atoms with Gasteiger partial charge in [-0.15, -0.1) is 0 Å². The molecule has 1 aromatic rings. The lowest BCUT2D eigenvalue weighted by Gasteiger charge is -2.32. The molecule has 3 unspecified atom stereocenters. The minimum atomic E-state index is -4.49. The number of carbonyl (C=O) groups excluding carboxylic acids is 2. The van der Waals surface area contributed by atoms with Gasteiger partial charge in [-0.3, -0.25) is 9.59 Å². The molecule has 1 saturated heterocycles. The predicted molar refractivity (Wildman–Crippen MR) is 85.4 cm³/mol. The van der Waals surface area contributed by atoms with Gasteiger partial charge in [0.1, 0.15) is 12.0 Å². The number of nitrogens with two attached hydrogens (primary N) is 1. The van der Waals surface area contributed by atoms with Crippen molar-refractivity contribution in [2.24, 2.45) is 5.92 Å². The molecule has 0 bridgehead atoms. The van der Waals surface area contributed by atoms with E-state index >= 15 is 0 Å². The summed E-state index contributed by atoms with van der Waals surface area (Å²) < 4.78 is 38.1. The van der Waals surface area contributed by atoms with Gasteiger partial charge in [0.2, 0.25) is 11.8 Å². The Balaban J connectivity index is 1.67. The minimum Gasteiger partial charge on any atom is -0.399 e. The monoisotopic (exact) mass is 355 g/mol. The summed E-state index contributed by atoms with van der Waals surface area (Å²) in [5.41, 5.74) is 8.44. The van der Waals surface area contributed by atoms with Crippen molar-refractivity contribution in [3.63, 3.8) is 0 Å². The summed E-state index contributed by atoms with van der Waals surface area (Å²) in [7, 11) is 0. The summed E-state index contributed by atoms with van der Waals surface area (Å²) >= 11 is 0. The lowest BCUT2D eigenvalue weighted by molar-refractivity contribution is -0.171. The van der Waals surface area contributed by atoms with Gasteiger partial charge in [0.15, 0.2) is 0 Å². The van der Waals surface area contributed by atoms with E-state index in [1.165, 1.54) is 0 Å². The number of fused-ring (bicyclic) bond motifs is 1. The highest BCUT2D eigenvalue weighted by atomic mass is 19.4. The Hall–Kier alpha value is -2.25. The second-order valence-electron chi connectivity index (χ2n) is 6.64. The van der Waals surface area contributed by atoms with Gasteiger partial charge in [0.05, 0.1) is 6.04 Å². The molecule has 0 saturated carbocycles. The van der Waals surface area contributed by atoms with Crippen LogP contribution in [0.25, 0.3) is 0 Å². The number of benzene rings is 1. The Kier molecular flexibility index (Phi) is 4.62. The van der Waals surface area contributed by atoms with E-state index in [1.54, 1.807) is 6.07 Å². The van der Waals surface area contributed by atoms with Crippen LogP contribution in [0, 0.1) is 5.92 Å². The van der Waals surface area contributed by atoms with E-state index in [9.17, 15) is 22.8 Å². The van der Waals surface area contributed by atoms with E-state index in [4.69, 9.17) is 5.73 Å². The zero-order valence-electron chi connectivity index (χ0n) is 13.5. The van der Waals surface area contributed by atoms with Crippen LogP contribution in [0.5, 0.6) is 0 Å². The van der Waals surface area contributed by atoms with Gasteiger partial charge >= 0.3 is 6.18 Å². The van der Waals surface area contributed by atoms with Crippen LogP contribution in [0.2, 0.25) is 0 Å². The zero-order chi connectivity index (χ0) is 18.2. The third-order valence-corrected chi connectivity index (χ3v) is 4.89. The average Bonchev–Trinajstić information content (AvgIpc) is 2.53. The van der Waals surface area contributed by atoms with Crippen molar-refractivity contribution in [2.75, 3.05) is 5.73 Å². The maximum absolute atomic E-state index is 12.7. The maximum Gasteiger partial charge on any atom is 0.408 e. The van der Waals surface area contributed by atoms with E-state index in [0.717, 1.165) is 30.4 Å². The highest BCUT2D eigenvalue weighted by Gasteiger charge is 2.46. The number of carbonyl (C=O) groups is 2. The molecule has 3 atom stereocenters. The van der Waals surface area contributed by atoms with Crippen molar-refractivity contribution in [3.05, 3.63) is 29.3 Å². The standard InChI is InChI=1S/C17H20F3N3O2/c18-17(19,20)14-7-6-12(16(25)23-14)15(24)22-13-3-1-2-9-8-10(21)4-5-11(9)13/h4-5,8,12-14H,1-3,6-7,21H2,(H,22,24)(H,23,25). The highest BCUT2D eigenvalue weighted by molar-refractivity contribution is 6.01. The van der Waals surface area contributed by atoms with Gasteiger partial charge in [0.25, 0.3) is 0 Å².